The molecule has 19 heteroatoms. The van der Waals surface area contributed by atoms with Crippen molar-refractivity contribution in [3.05, 3.63) is 169 Å². The van der Waals surface area contributed by atoms with E-state index in [1.54, 1.807) is 61.5 Å². The number of hydrogen-bond acceptors (Lipinski definition) is 13. The molecule has 0 saturated carbocycles. The fourth-order valence-corrected chi connectivity index (χ4v) is 11.4. The number of nitrogens with zero attached hydrogens (tertiary/aromatic N) is 1. The SMILES string of the molecule is C[C@H]1O[C@@H](Sc2ccccc2)[C@H](N2C(=O)c3c(Cl)c(Cl)c(Cl)c(Cl)c3C2=O)[C@@H](O)[C@@H]1O[C@@H]1O[C@H](C(=O)OCC[Si](C)(C)C)[C@H](OCc2ccccc2)[C@H](OCc2ccccc2)[C@H]1OC(=O)c1ccccc1. The molecule has 2 fully saturated rings. The Morgan fingerprint density at radius 2 is 1.18 bits per heavy atom. The van der Waals surface area contributed by atoms with Crippen LogP contribution in [0.3, 0.4) is 0 Å². The molecule has 2 amide bonds. The summed E-state index contributed by atoms with van der Waals surface area (Å²) in [5, 5.41) is 11.7. The van der Waals surface area contributed by atoms with Gasteiger partial charge in [0.2, 0.25) is 0 Å². The van der Waals surface area contributed by atoms with Gasteiger partial charge in [-0.2, -0.15) is 0 Å². The van der Waals surface area contributed by atoms with Gasteiger partial charge >= 0.3 is 11.9 Å². The zero-order valence-electron chi connectivity index (χ0n) is 39.0. The topological polar surface area (TPSA) is 156 Å². The second-order valence-corrected chi connectivity index (χ2v) is 26.7. The number of aliphatic hydroxyl groups excluding tert-OH is 1. The van der Waals surface area contributed by atoms with Crippen LogP contribution in [-0.4, -0.2) is 109 Å². The summed E-state index contributed by atoms with van der Waals surface area (Å²) in [6.45, 7) is 8.12. The van der Waals surface area contributed by atoms with Crippen LogP contribution in [-0.2, 0) is 51.2 Å². The standard InChI is InChI=1S/C52H51Cl4NO12SSi/c1-29-42(41(58)40(52(66-29)70-33-23-15-8-16-24-33)57-47(59)34-35(48(57)60)37(54)39(56)38(55)36(34)53)68-51-46(67-49(61)32-21-13-7-14-22-32)44(65-28-31-19-11-6-12-20-31)43(64-27-30-17-9-5-10-18-30)45(69-51)50(62)63-25-26-71(2,3)4/h5-24,29,40-46,51-52,58H,25-28H2,1-4H3/t29-,40-,41-,42-,43-,44+,45+,46-,51-,52+/m1/s1. The molecule has 5 aromatic rings. The number of imide groups is 1. The lowest BCUT2D eigenvalue weighted by Crippen LogP contribution is -2.67. The zero-order chi connectivity index (χ0) is 50.6. The van der Waals surface area contributed by atoms with Crippen molar-refractivity contribution >= 4 is 90.0 Å². The summed E-state index contributed by atoms with van der Waals surface area (Å²) in [5.41, 5.74) is -0.0378. The highest BCUT2D eigenvalue weighted by Gasteiger charge is 2.58. The lowest BCUT2D eigenvalue weighted by molar-refractivity contribution is -0.336. The molecule has 0 aliphatic carbocycles. The number of halogens is 4. The number of thioether (sulfide) groups is 1. The fourth-order valence-electron chi connectivity index (χ4n) is 8.44. The second-order valence-electron chi connectivity index (χ2n) is 18.4. The molecular weight excluding hydrogens is 1030 g/mol. The molecule has 3 aliphatic rings. The van der Waals surface area contributed by atoms with Gasteiger partial charge in [-0.05, 0) is 48.4 Å². The molecule has 0 spiro atoms. The van der Waals surface area contributed by atoms with Crippen molar-refractivity contribution < 1.29 is 57.4 Å². The van der Waals surface area contributed by atoms with Crippen molar-refractivity contribution in [2.75, 3.05) is 6.61 Å². The average molecular weight is 1080 g/mol. The molecule has 8 rings (SSSR count). The number of aliphatic hydroxyl groups is 1. The second kappa shape index (κ2) is 23.3. The minimum absolute atomic E-state index is 0.0112. The van der Waals surface area contributed by atoms with Crippen LogP contribution in [0, 0.1) is 0 Å². The Bertz CT molecular complexity index is 2640. The van der Waals surface area contributed by atoms with Crippen molar-refractivity contribution in [3.8, 4) is 0 Å². The minimum Gasteiger partial charge on any atom is -0.464 e. The highest BCUT2D eigenvalue weighted by Crippen LogP contribution is 2.48. The monoisotopic (exact) mass is 1080 g/mol. The van der Waals surface area contributed by atoms with E-state index in [0.29, 0.717) is 10.9 Å². The van der Waals surface area contributed by atoms with Gasteiger partial charge in [0, 0.05) is 13.0 Å². The summed E-state index contributed by atoms with van der Waals surface area (Å²) in [5.74, 6) is -3.43. The van der Waals surface area contributed by atoms with Crippen molar-refractivity contribution in [3.63, 3.8) is 0 Å². The van der Waals surface area contributed by atoms with E-state index in [2.05, 4.69) is 19.6 Å². The summed E-state index contributed by atoms with van der Waals surface area (Å²) < 4.78 is 45.7. The van der Waals surface area contributed by atoms with Crippen LogP contribution in [0.4, 0.5) is 0 Å². The Kier molecular flexibility index (Phi) is 17.4. The summed E-state index contributed by atoms with van der Waals surface area (Å²) in [6.07, 6.45) is -11.6. The largest absolute Gasteiger partial charge is 0.464 e. The van der Waals surface area contributed by atoms with Crippen LogP contribution in [0.5, 0.6) is 0 Å². The van der Waals surface area contributed by atoms with Gasteiger partial charge in [0.15, 0.2) is 18.5 Å². The van der Waals surface area contributed by atoms with E-state index in [1.165, 1.54) is 0 Å². The molecule has 0 bridgehead atoms. The number of fused-ring (bicyclic) bond motifs is 1. The van der Waals surface area contributed by atoms with Gasteiger partial charge in [-0.1, -0.05) is 175 Å². The van der Waals surface area contributed by atoms with E-state index in [9.17, 15) is 24.3 Å². The third-order valence-corrected chi connectivity index (χ3v) is 16.8. The molecule has 13 nitrogen and oxygen atoms in total. The molecule has 374 valence electrons. The van der Waals surface area contributed by atoms with E-state index in [4.69, 9.17) is 79.6 Å². The lowest BCUT2D eigenvalue weighted by Gasteiger charge is -2.49. The predicted molar refractivity (Wildman–Crippen MR) is 272 cm³/mol. The number of carbonyl (C=O) groups is 4. The van der Waals surface area contributed by atoms with Crippen LogP contribution >= 0.6 is 58.2 Å². The smallest absolute Gasteiger partial charge is 0.338 e. The van der Waals surface area contributed by atoms with E-state index in [-0.39, 0.29) is 56.6 Å². The molecule has 5 aromatic carbocycles. The average Bonchev–Trinajstić information content (AvgIpc) is 3.62. The molecule has 0 unspecified atom stereocenters. The van der Waals surface area contributed by atoms with E-state index >= 15 is 0 Å². The Morgan fingerprint density at radius 1 is 0.676 bits per heavy atom. The molecule has 3 heterocycles. The van der Waals surface area contributed by atoms with Crippen LogP contribution in [0.2, 0.25) is 45.8 Å². The molecule has 10 atom stereocenters. The maximum atomic E-state index is 14.6. The highest BCUT2D eigenvalue weighted by molar-refractivity contribution is 7.99. The van der Waals surface area contributed by atoms with Crippen LogP contribution in [0.25, 0.3) is 0 Å². The molecular formula is C52H51Cl4NO12SSi. The van der Waals surface area contributed by atoms with Gasteiger partial charge in [-0.3, -0.25) is 14.5 Å². The predicted octanol–water partition coefficient (Wildman–Crippen LogP) is 10.6. The van der Waals surface area contributed by atoms with Crippen molar-refractivity contribution in [1.29, 1.82) is 0 Å². The van der Waals surface area contributed by atoms with Crippen molar-refractivity contribution in [2.24, 2.45) is 0 Å². The Labute approximate surface area is 436 Å². The van der Waals surface area contributed by atoms with Gasteiger partial charge in [0.25, 0.3) is 11.8 Å². The van der Waals surface area contributed by atoms with Gasteiger partial charge in [0.1, 0.15) is 35.9 Å². The van der Waals surface area contributed by atoms with Gasteiger partial charge in [0.05, 0.1) is 62.7 Å². The molecule has 0 radical (unpaired) electrons. The van der Waals surface area contributed by atoms with Crippen LogP contribution in [0.15, 0.2) is 126 Å². The van der Waals surface area contributed by atoms with Crippen molar-refractivity contribution in [1.82, 2.24) is 4.90 Å². The third kappa shape index (κ3) is 12.0. The number of carbonyl (C=O) groups excluding carboxylic acids is 4. The normalized spacial score (nSPS) is 25.5. The van der Waals surface area contributed by atoms with E-state index in [1.807, 2.05) is 66.7 Å². The van der Waals surface area contributed by atoms with Crippen molar-refractivity contribution in [2.45, 2.75) is 111 Å². The Morgan fingerprint density at radius 3 is 1.72 bits per heavy atom. The maximum Gasteiger partial charge on any atom is 0.338 e. The van der Waals surface area contributed by atoms with Gasteiger partial charge in [-0.25, -0.2) is 9.59 Å². The van der Waals surface area contributed by atoms with Gasteiger partial charge < -0.3 is 38.3 Å². The van der Waals surface area contributed by atoms with E-state index in [0.717, 1.165) is 27.8 Å². The summed E-state index contributed by atoms with van der Waals surface area (Å²) in [7, 11) is -1.70. The number of benzene rings is 5. The fraction of sp³-hybridized carbons (Fsp3) is 0.346. The summed E-state index contributed by atoms with van der Waals surface area (Å²) in [4.78, 5) is 59.4. The van der Waals surface area contributed by atoms with Gasteiger partial charge in [-0.15, -0.1) is 0 Å². The molecule has 3 aliphatic heterocycles. The number of amides is 2. The number of esters is 2. The first kappa shape index (κ1) is 53.0. The van der Waals surface area contributed by atoms with Crippen LogP contribution < -0.4 is 0 Å². The number of hydrogen-bond donors (Lipinski definition) is 1. The first-order valence-corrected chi connectivity index (χ1v) is 29.0. The Hall–Kier alpha value is -4.33. The maximum absolute atomic E-state index is 14.6. The Balaban J connectivity index is 1.21. The third-order valence-electron chi connectivity index (χ3n) is 12.1. The molecule has 2 saturated heterocycles. The zero-order valence-corrected chi connectivity index (χ0v) is 43.8. The summed E-state index contributed by atoms with van der Waals surface area (Å²) >= 11 is 27.1. The summed E-state index contributed by atoms with van der Waals surface area (Å²) in [6, 6.07) is 34.9. The molecule has 0 aromatic heterocycles. The first-order chi connectivity index (χ1) is 34.0. The van der Waals surface area contributed by atoms with Crippen LogP contribution in [0.1, 0.15) is 49.1 Å². The highest BCUT2D eigenvalue weighted by atomic mass is 35.5. The minimum atomic E-state index is -1.77. The lowest BCUT2D eigenvalue weighted by atomic mass is 9.95. The van der Waals surface area contributed by atoms with E-state index < -0.39 is 92.3 Å². The quantitative estimate of drug-likeness (QED) is 0.0309. The first-order valence-electron chi connectivity index (χ1n) is 22.9. The number of ether oxygens (including phenoxy) is 7. The molecule has 71 heavy (non-hydrogen) atoms. The number of rotatable bonds is 17. The molecule has 1 N–H and O–H groups in total.